The number of rotatable bonds is 6. The van der Waals surface area contributed by atoms with Crippen LogP contribution in [0.2, 0.25) is 0 Å². The number of nitrogens with two attached hydrogens (primary N) is 1. The number of hydrogen-bond acceptors (Lipinski definition) is 5. The fourth-order valence-corrected chi connectivity index (χ4v) is 3.75. The van der Waals surface area contributed by atoms with E-state index in [1.165, 1.54) is 5.69 Å². The number of nitrogens with zero attached hydrogens (tertiary/aromatic N) is 1. The topological polar surface area (TPSA) is 76.8 Å². The standard InChI is InChI=1S/C19H29N3O3/c1-24-17-4-2-3-16(11-17)22-8-5-15(13-22)12-21-18(23)19(14-20)6-9-25-10-7-19/h2-4,11,15H,5-10,12-14,20H2,1H3,(H,21,23). The van der Waals surface area contributed by atoms with Crippen LogP contribution in [-0.4, -0.2) is 52.4 Å². The number of ether oxygens (including phenoxy) is 2. The second kappa shape index (κ2) is 8.06. The molecule has 0 aromatic heterocycles. The van der Waals surface area contributed by atoms with Gasteiger partial charge in [-0.05, 0) is 37.3 Å². The molecule has 3 N–H and O–H groups in total. The highest BCUT2D eigenvalue weighted by Crippen LogP contribution is 2.30. The van der Waals surface area contributed by atoms with E-state index >= 15 is 0 Å². The maximum absolute atomic E-state index is 12.7. The maximum Gasteiger partial charge on any atom is 0.227 e. The molecular weight excluding hydrogens is 318 g/mol. The molecule has 0 aliphatic carbocycles. The fourth-order valence-electron chi connectivity index (χ4n) is 3.75. The number of nitrogens with one attached hydrogen (secondary N) is 1. The Kier molecular flexibility index (Phi) is 5.81. The van der Waals surface area contributed by atoms with Crippen LogP contribution in [0.25, 0.3) is 0 Å². The van der Waals surface area contributed by atoms with Gasteiger partial charge >= 0.3 is 0 Å². The van der Waals surface area contributed by atoms with Gasteiger partial charge in [0.15, 0.2) is 0 Å². The van der Waals surface area contributed by atoms with Gasteiger partial charge in [0.25, 0.3) is 0 Å². The number of carbonyl (C=O) groups excluding carboxylic acids is 1. The highest BCUT2D eigenvalue weighted by atomic mass is 16.5. The van der Waals surface area contributed by atoms with E-state index in [0.29, 0.717) is 32.2 Å². The van der Waals surface area contributed by atoms with Crippen LogP contribution in [-0.2, 0) is 9.53 Å². The van der Waals surface area contributed by atoms with E-state index < -0.39 is 5.41 Å². The monoisotopic (exact) mass is 347 g/mol. The van der Waals surface area contributed by atoms with E-state index in [-0.39, 0.29) is 5.91 Å². The second-order valence-electron chi connectivity index (χ2n) is 7.11. The molecule has 2 fully saturated rings. The lowest BCUT2D eigenvalue weighted by Gasteiger charge is -2.34. The molecule has 1 amide bonds. The summed E-state index contributed by atoms with van der Waals surface area (Å²) >= 11 is 0. The van der Waals surface area contributed by atoms with Crippen LogP contribution < -0.4 is 20.7 Å². The van der Waals surface area contributed by atoms with Gasteiger partial charge in [0.1, 0.15) is 5.75 Å². The number of carbonyl (C=O) groups is 1. The van der Waals surface area contributed by atoms with Crippen molar-refractivity contribution in [3.05, 3.63) is 24.3 Å². The van der Waals surface area contributed by atoms with Crippen LogP contribution in [0.3, 0.4) is 0 Å². The van der Waals surface area contributed by atoms with Gasteiger partial charge in [0.2, 0.25) is 5.91 Å². The molecule has 2 heterocycles. The van der Waals surface area contributed by atoms with Crippen LogP contribution in [0.4, 0.5) is 5.69 Å². The lowest BCUT2D eigenvalue weighted by Crippen LogP contribution is -2.50. The molecule has 0 bridgehead atoms. The average Bonchev–Trinajstić information content (AvgIpc) is 3.15. The molecule has 2 aliphatic heterocycles. The molecular formula is C19H29N3O3. The van der Waals surface area contributed by atoms with Crippen molar-refractivity contribution in [1.82, 2.24) is 5.32 Å². The first kappa shape index (κ1) is 18.0. The van der Waals surface area contributed by atoms with E-state index in [2.05, 4.69) is 22.3 Å². The van der Waals surface area contributed by atoms with Crippen LogP contribution in [0.5, 0.6) is 5.75 Å². The number of methoxy groups -OCH3 is 1. The van der Waals surface area contributed by atoms with Crippen molar-refractivity contribution in [2.75, 3.05) is 51.4 Å². The smallest absolute Gasteiger partial charge is 0.227 e. The van der Waals surface area contributed by atoms with E-state index in [4.69, 9.17) is 15.2 Å². The van der Waals surface area contributed by atoms with Crippen molar-refractivity contribution in [1.29, 1.82) is 0 Å². The Bertz CT molecular complexity index is 587. The summed E-state index contributed by atoms with van der Waals surface area (Å²) in [5.74, 6) is 1.43. The molecule has 0 saturated carbocycles. The predicted octanol–water partition coefficient (Wildman–Crippen LogP) is 1.39. The summed E-state index contributed by atoms with van der Waals surface area (Å²) in [4.78, 5) is 15.0. The molecule has 3 rings (SSSR count). The van der Waals surface area contributed by atoms with Gasteiger partial charge in [0, 0.05) is 51.1 Å². The molecule has 1 aromatic carbocycles. The largest absolute Gasteiger partial charge is 0.497 e. The van der Waals surface area contributed by atoms with Crippen molar-refractivity contribution in [3.8, 4) is 5.75 Å². The van der Waals surface area contributed by atoms with Crippen molar-refractivity contribution in [2.45, 2.75) is 19.3 Å². The summed E-state index contributed by atoms with van der Waals surface area (Å²) in [6.07, 6.45) is 2.52. The van der Waals surface area contributed by atoms with Crippen molar-refractivity contribution >= 4 is 11.6 Å². The van der Waals surface area contributed by atoms with Gasteiger partial charge in [-0.1, -0.05) is 6.07 Å². The minimum atomic E-state index is -0.441. The Hall–Kier alpha value is -1.79. The molecule has 1 unspecified atom stereocenters. The SMILES string of the molecule is COc1cccc(N2CCC(CNC(=O)C3(CN)CCOCC3)C2)c1. The van der Waals surface area contributed by atoms with Crippen molar-refractivity contribution in [2.24, 2.45) is 17.1 Å². The lowest BCUT2D eigenvalue weighted by molar-refractivity contribution is -0.136. The van der Waals surface area contributed by atoms with Gasteiger partial charge in [-0.25, -0.2) is 0 Å². The second-order valence-corrected chi connectivity index (χ2v) is 7.11. The first-order chi connectivity index (χ1) is 12.2. The zero-order valence-electron chi connectivity index (χ0n) is 15.0. The Morgan fingerprint density at radius 1 is 1.44 bits per heavy atom. The maximum atomic E-state index is 12.7. The molecule has 2 aliphatic rings. The zero-order valence-corrected chi connectivity index (χ0v) is 15.0. The zero-order chi connectivity index (χ0) is 17.7. The molecule has 25 heavy (non-hydrogen) atoms. The minimum Gasteiger partial charge on any atom is -0.497 e. The number of amides is 1. The Morgan fingerprint density at radius 3 is 2.96 bits per heavy atom. The Labute approximate surface area is 149 Å². The lowest BCUT2D eigenvalue weighted by atomic mass is 9.79. The summed E-state index contributed by atoms with van der Waals surface area (Å²) in [5.41, 5.74) is 6.65. The summed E-state index contributed by atoms with van der Waals surface area (Å²) in [6.45, 7) is 4.30. The minimum absolute atomic E-state index is 0.0955. The van der Waals surface area contributed by atoms with Gasteiger partial charge < -0.3 is 25.4 Å². The first-order valence-corrected chi connectivity index (χ1v) is 9.12. The molecule has 1 aromatic rings. The predicted molar refractivity (Wildman–Crippen MR) is 97.9 cm³/mol. The summed E-state index contributed by atoms with van der Waals surface area (Å²) in [6, 6.07) is 8.14. The third-order valence-corrected chi connectivity index (χ3v) is 5.58. The van der Waals surface area contributed by atoms with Gasteiger partial charge in [-0.3, -0.25) is 4.79 Å². The molecule has 6 heteroatoms. The molecule has 2 saturated heterocycles. The fraction of sp³-hybridized carbons (Fsp3) is 0.632. The number of anilines is 1. The number of hydrogen-bond donors (Lipinski definition) is 2. The number of benzene rings is 1. The van der Waals surface area contributed by atoms with Gasteiger partial charge in [-0.15, -0.1) is 0 Å². The first-order valence-electron chi connectivity index (χ1n) is 9.12. The molecule has 0 radical (unpaired) electrons. The summed E-state index contributed by atoms with van der Waals surface area (Å²) < 4.78 is 10.7. The van der Waals surface area contributed by atoms with E-state index in [1.807, 2.05) is 12.1 Å². The summed E-state index contributed by atoms with van der Waals surface area (Å²) in [5, 5.41) is 3.15. The normalized spacial score (nSPS) is 22.6. The summed E-state index contributed by atoms with van der Waals surface area (Å²) in [7, 11) is 1.69. The highest BCUT2D eigenvalue weighted by Gasteiger charge is 2.39. The van der Waals surface area contributed by atoms with E-state index in [0.717, 1.165) is 38.1 Å². The van der Waals surface area contributed by atoms with Crippen LogP contribution >= 0.6 is 0 Å². The molecule has 6 nitrogen and oxygen atoms in total. The van der Waals surface area contributed by atoms with Gasteiger partial charge in [-0.2, -0.15) is 0 Å². The van der Waals surface area contributed by atoms with Crippen LogP contribution in [0, 0.1) is 11.3 Å². The molecule has 138 valence electrons. The third kappa shape index (κ3) is 4.07. The third-order valence-electron chi connectivity index (χ3n) is 5.58. The Balaban J connectivity index is 1.52. The quantitative estimate of drug-likeness (QED) is 0.813. The molecule has 0 spiro atoms. The Morgan fingerprint density at radius 2 is 2.24 bits per heavy atom. The average molecular weight is 347 g/mol. The van der Waals surface area contributed by atoms with Crippen molar-refractivity contribution in [3.63, 3.8) is 0 Å². The van der Waals surface area contributed by atoms with Crippen LogP contribution in [0.15, 0.2) is 24.3 Å². The highest BCUT2D eigenvalue weighted by molar-refractivity contribution is 5.83. The van der Waals surface area contributed by atoms with Gasteiger partial charge in [0.05, 0.1) is 12.5 Å². The molecule has 1 atom stereocenters. The van der Waals surface area contributed by atoms with E-state index in [1.54, 1.807) is 7.11 Å². The van der Waals surface area contributed by atoms with Crippen molar-refractivity contribution < 1.29 is 14.3 Å². The van der Waals surface area contributed by atoms with Crippen LogP contribution in [0.1, 0.15) is 19.3 Å². The van der Waals surface area contributed by atoms with E-state index in [9.17, 15) is 4.79 Å².